The number of aliphatic hydroxyl groups is 2. The van der Waals surface area contributed by atoms with E-state index >= 15 is 0 Å². The van der Waals surface area contributed by atoms with E-state index in [-0.39, 0.29) is 0 Å². The predicted octanol–water partition coefficient (Wildman–Crippen LogP) is -1.05. The van der Waals surface area contributed by atoms with E-state index in [0.29, 0.717) is 0 Å². The number of aliphatic hydroxyl groups excluding tert-OH is 1. The van der Waals surface area contributed by atoms with Gasteiger partial charge < -0.3 is 20.1 Å². The van der Waals surface area contributed by atoms with Crippen LogP contribution in [0.1, 0.15) is 0 Å². The molecule has 0 spiro atoms. The van der Waals surface area contributed by atoms with Gasteiger partial charge in [0.1, 0.15) is 0 Å². The molecule has 0 aromatic rings. The molecule has 0 bridgehead atoms. The van der Waals surface area contributed by atoms with E-state index in [4.69, 9.17) is 15.3 Å². The van der Waals surface area contributed by atoms with Crippen LogP contribution in [-0.4, -0.2) is 28.0 Å². The lowest BCUT2D eigenvalue weighted by Crippen LogP contribution is -2.13. The molecule has 0 aliphatic carbocycles. The Hall–Kier alpha value is -0.810. The normalized spacial score (nSPS) is 9.00. The van der Waals surface area contributed by atoms with Gasteiger partial charge in [-0.15, -0.1) is 0 Å². The Morgan fingerprint density at radius 3 is 2.00 bits per heavy atom. The SMILES string of the molecule is O=C(O)OC(O)O. The molecule has 0 rings (SSSR count). The molecule has 3 N–H and O–H groups in total. The standard InChI is InChI=1S/C2H4O5/c3-1(4)7-2(5)6/h1,3-4H,(H,5,6). The highest BCUT2D eigenvalue weighted by Crippen LogP contribution is 1.78. The van der Waals surface area contributed by atoms with Crippen LogP contribution in [0.5, 0.6) is 0 Å². The molecule has 5 heteroatoms. The summed E-state index contributed by atoms with van der Waals surface area (Å²) in [6, 6.07) is 0. The van der Waals surface area contributed by atoms with Crippen LogP contribution in [-0.2, 0) is 4.74 Å². The van der Waals surface area contributed by atoms with Crippen molar-refractivity contribution in [2.75, 3.05) is 0 Å². The summed E-state index contributed by atoms with van der Waals surface area (Å²) in [6.07, 6.45) is -1.71. The van der Waals surface area contributed by atoms with E-state index in [1.807, 2.05) is 0 Å². The first-order valence-electron chi connectivity index (χ1n) is 1.38. The second-order valence-corrected chi connectivity index (χ2v) is 0.710. The van der Waals surface area contributed by atoms with Gasteiger partial charge in [-0.25, -0.2) is 4.79 Å². The Balaban J connectivity index is 3.13. The van der Waals surface area contributed by atoms with Gasteiger partial charge in [-0.1, -0.05) is 0 Å². The van der Waals surface area contributed by atoms with Crippen molar-refractivity contribution in [3.8, 4) is 0 Å². The number of carboxylic acid groups (broad SMARTS) is 1. The van der Waals surface area contributed by atoms with E-state index in [9.17, 15) is 4.79 Å². The summed E-state index contributed by atoms with van der Waals surface area (Å²) < 4.78 is 3.28. The van der Waals surface area contributed by atoms with Crippen molar-refractivity contribution in [2.24, 2.45) is 0 Å². The van der Waals surface area contributed by atoms with E-state index in [2.05, 4.69) is 4.74 Å². The zero-order valence-corrected chi connectivity index (χ0v) is 3.24. The molecule has 0 aromatic heterocycles. The maximum Gasteiger partial charge on any atom is 0.509 e. The molecular weight excluding hydrogens is 104 g/mol. The van der Waals surface area contributed by atoms with Gasteiger partial charge in [-0.2, -0.15) is 0 Å². The quantitative estimate of drug-likeness (QED) is 0.294. The molecule has 42 valence electrons. The fourth-order valence-corrected chi connectivity index (χ4v) is 0.0902. The van der Waals surface area contributed by atoms with Crippen molar-refractivity contribution >= 4 is 6.16 Å². The minimum Gasteiger partial charge on any atom is -0.450 e. The third-order valence-corrected chi connectivity index (χ3v) is 0.206. The fraction of sp³-hybridized carbons (Fsp3) is 0.500. The summed E-state index contributed by atoms with van der Waals surface area (Å²) >= 11 is 0. The van der Waals surface area contributed by atoms with Crippen molar-refractivity contribution in [3.05, 3.63) is 0 Å². The molecule has 5 nitrogen and oxygen atoms in total. The van der Waals surface area contributed by atoms with Gasteiger partial charge in [0, 0.05) is 0 Å². The van der Waals surface area contributed by atoms with Crippen LogP contribution in [0.15, 0.2) is 0 Å². The van der Waals surface area contributed by atoms with Crippen LogP contribution in [0.2, 0.25) is 0 Å². The first-order chi connectivity index (χ1) is 3.13. The molecule has 0 saturated carbocycles. The number of carbonyl (C=O) groups is 1. The number of hydrogen-bond acceptors (Lipinski definition) is 4. The highest BCUT2D eigenvalue weighted by atomic mass is 16.8. The molecule has 0 aromatic carbocycles. The minimum absolute atomic E-state index is 1.71. The highest BCUT2D eigenvalue weighted by Gasteiger charge is 2.00. The predicted molar refractivity (Wildman–Crippen MR) is 17.3 cm³/mol. The molecule has 0 fully saturated rings. The Labute approximate surface area is 38.8 Å². The molecule has 0 aliphatic heterocycles. The van der Waals surface area contributed by atoms with Crippen molar-refractivity contribution < 1.29 is 24.9 Å². The second-order valence-electron chi connectivity index (χ2n) is 0.710. The van der Waals surface area contributed by atoms with Crippen LogP contribution in [0.25, 0.3) is 0 Å². The average molecular weight is 108 g/mol. The first kappa shape index (κ1) is 6.19. The lowest BCUT2D eigenvalue weighted by Gasteiger charge is -1.97. The Morgan fingerprint density at radius 2 is 2.00 bits per heavy atom. The Kier molecular flexibility index (Phi) is 2.10. The van der Waals surface area contributed by atoms with Crippen LogP contribution in [0, 0.1) is 0 Å². The van der Waals surface area contributed by atoms with E-state index in [0.717, 1.165) is 0 Å². The summed E-state index contributed by atoms with van der Waals surface area (Å²) in [7, 11) is 0. The third-order valence-electron chi connectivity index (χ3n) is 0.206. The summed E-state index contributed by atoms with van der Waals surface area (Å²) in [4.78, 5) is 9.27. The molecule has 0 unspecified atom stereocenters. The van der Waals surface area contributed by atoms with Crippen LogP contribution in [0.3, 0.4) is 0 Å². The first-order valence-corrected chi connectivity index (χ1v) is 1.38. The minimum atomic E-state index is -2.22. The molecular formula is C2H4O5. The fourth-order valence-electron chi connectivity index (χ4n) is 0.0902. The van der Waals surface area contributed by atoms with Crippen molar-refractivity contribution in [2.45, 2.75) is 6.48 Å². The van der Waals surface area contributed by atoms with Crippen molar-refractivity contribution in [1.82, 2.24) is 0 Å². The van der Waals surface area contributed by atoms with E-state index in [1.165, 1.54) is 0 Å². The lowest BCUT2D eigenvalue weighted by molar-refractivity contribution is -0.206. The zero-order valence-electron chi connectivity index (χ0n) is 3.24. The zero-order chi connectivity index (χ0) is 5.86. The van der Waals surface area contributed by atoms with Gasteiger partial charge >= 0.3 is 12.6 Å². The summed E-state index contributed by atoms with van der Waals surface area (Å²) in [5.41, 5.74) is 0. The molecule has 0 amide bonds. The molecule has 0 heterocycles. The van der Waals surface area contributed by atoms with Crippen LogP contribution in [0.4, 0.5) is 4.79 Å². The lowest BCUT2D eigenvalue weighted by atomic mass is 11.2. The number of ether oxygens (including phenoxy) is 1. The topological polar surface area (TPSA) is 87.0 Å². The number of rotatable bonds is 1. The average Bonchev–Trinajstić information content (AvgIpc) is 1.27. The third kappa shape index (κ3) is 5.19. The van der Waals surface area contributed by atoms with Gasteiger partial charge in [0.05, 0.1) is 0 Å². The molecule has 0 aliphatic rings. The van der Waals surface area contributed by atoms with Crippen molar-refractivity contribution in [3.63, 3.8) is 0 Å². The van der Waals surface area contributed by atoms with Gasteiger partial charge in [0.15, 0.2) is 0 Å². The monoisotopic (exact) mass is 108 g/mol. The molecule has 0 radical (unpaired) electrons. The maximum atomic E-state index is 9.27. The van der Waals surface area contributed by atoms with Gasteiger partial charge in [0.25, 0.3) is 0 Å². The molecule has 0 saturated heterocycles. The smallest absolute Gasteiger partial charge is 0.450 e. The largest absolute Gasteiger partial charge is 0.509 e. The second kappa shape index (κ2) is 2.38. The maximum absolute atomic E-state index is 9.27. The molecule has 7 heavy (non-hydrogen) atoms. The Bertz CT molecular complexity index is 66.5. The van der Waals surface area contributed by atoms with Gasteiger partial charge in [-0.3, -0.25) is 0 Å². The van der Waals surface area contributed by atoms with Crippen LogP contribution < -0.4 is 0 Å². The molecule has 0 atom stereocenters. The highest BCUT2D eigenvalue weighted by molar-refractivity contribution is 5.56. The number of hydrogen-bond donors (Lipinski definition) is 3. The summed E-state index contributed by atoms with van der Waals surface area (Å²) in [5.74, 6) is 0. The van der Waals surface area contributed by atoms with E-state index in [1.54, 1.807) is 0 Å². The van der Waals surface area contributed by atoms with Gasteiger partial charge in [0.2, 0.25) is 0 Å². The van der Waals surface area contributed by atoms with E-state index < -0.39 is 12.6 Å². The van der Waals surface area contributed by atoms with Crippen molar-refractivity contribution in [1.29, 1.82) is 0 Å². The summed E-state index contributed by atoms with van der Waals surface area (Å²) in [5, 5.41) is 22.9. The van der Waals surface area contributed by atoms with Crippen LogP contribution >= 0.6 is 0 Å². The van der Waals surface area contributed by atoms with Gasteiger partial charge in [-0.05, 0) is 0 Å². The summed E-state index contributed by atoms with van der Waals surface area (Å²) in [6.45, 7) is -2.22. The Morgan fingerprint density at radius 1 is 1.57 bits per heavy atom.